The van der Waals surface area contributed by atoms with Gasteiger partial charge in [-0.15, -0.1) is 0 Å². The smallest absolute Gasteiger partial charge is 0.303 e. The number of rotatable bonds is 5. The van der Waals surface area contributed by atoms with Crippen LogP contribution in [0.1, 0.15) is 48.9 Å². The molecule has 1 aromatic carbocycles. The van der Waals surface area contributed by atoms with Gasteiger partial charge in [-0.1, -0.05) is 25.0 Å². The van der Waals surface area contributed by atoms with Crippen LogP contribution in [0.4, 0.5) is 5.69 Å². The second-order valence-corrected chi connectivity index (χ2v) is 5.69. The van der Waals surface area contributed by atoms with Crippen molar-refractivity contribution in [3.05, 3.63) is 29.8 Å². The number of carbonyl (C=O) groups excluding carboxylic acids is 2. The summed E-state index contributed by atoms with van der Waals surface area (Å²) in [5.74, 6) is -1.50. The molecule has 1 heterocycles. The highest BCUT2D eigenvalue weighted by Gasteiger charge is 2.20. The predicted octanol–water partition coefficient (Wildman–Crippen LogP) is 2.51. The second kappa shape index (κ2) is 8.31. The molecule has 1 aliphatic heterocycles. The normalized spacial score (nSPS) is 14.9. The fourth-order valence-corrected chi connectivity index (χ4v) is 2.66. The van der Waals surface area contributed by atoms with Gasteiger partial charge in [-0.05, 0) is 25.0 Å². The highest BCUT2D eigenvalue weighted by Crippen LogP contribution is 2.20. The number of nitrogens with zero attached hydrogens (tertiary/aromatic N) is 1. The minimum Gasteiger partial charge on any atom is -0.481 e. The van der Waals surface area contributed by atoms with Crippen LogP contribution in [0.25, 0.3) is 0 Å². The third-order valence-electron chi connectivity index (χ3n) is 3.89. The maximum atomic E-state index is 12.7. The number of carbonyl (C=O) groups is 3. The molecule has 0 spiro atoms. The lowest BCUT2D eigenvalue weighted by atomic mass is 10.1. The van der Waals surface area contributed by atoms with Crippen molar-refractivity contribution in [2.75, 3.05) is 18.4 Å². The molecule has 0 unspecified atom stereocenters. The van der Waals surface area contributed by atoms with Crippen molar-refractivity contribution < 1.29 is 19.5 Å². The zero-order valence-electron chi connectivity index (χ0n) is 13.1. The zero-order valence-corrected chi connectivity index (χ0v) is 13.1. The van der Waals surface area contributed by atoms with Crippen molar-refractivity contribution >= 4 is 23.5 Å². The lowest BCUT2D eigenvalue weighted by Gasteiger charge is -2.22. The molecule has 1 aromatic rings. The number of benzene rings is 1. The maximum absolute atomic E-state index is 12.7. The van der Waals surface area contributed by atoms with E-state index < -0.39 is 11.9 Å². The Kier molecular flexibility index (Phi) is 6.14. The molecule has 1 saturated heterocycles. The maximum Gasteiger partial charge on any atom is 0.303 e. The quantitative estimate of drug-likeness (QED) is 0.873. The number of nitrogens with one attached hydrogen (secondary N) is 1. The number of carboxylic acids is 1. The Morgan fingerprint density at radius 3 is 2.30 bits per heavy atom. The summed E-state index contributed by atoms with van der Waals surface area (Å²) in [5, 5.41) is 11.3. The fraction of sp³-hybridized carbons (Fsp3) is 0.471. The second-order valence-electron chi connectivity index (χ2n) is 5.69. The van der Waals surface area contributed by atoms with Gasteiger partial charge in [-0.25, -0.2) is 0 Å². The third kappa shape index (κ3) is 5.09. The number of para-hydroxylation sites is 1. The molecule has 0 atom stereocenters. The molecule has 1 fully saturated rings. The summed E-state index contributed by atoms with van der Waals surface area (Å²) in [7, 11) is 0. The Labute approximate surface area is 135 Å². The van der Waals surface area contributed by atoms with Crippen LogP contribution in [0, 0.1) is 0 Å². The van der Waals surface area contributed by atoms with Crippen molar-refractivity contribution in [1.29, 1.82) is 0 Å². The Morgan fingerprint density at radius 1 is 1.00 bits per heavy atom. The van der Waals surface area contributed by atoms with Crippen LogP contribution in [0.2, 0.25) is 0 Å². The number of aliphatic carboxylic acids is 1. The Bertz CT molecular complexity index is 578. The molecule has 23 heavy (non-hydrogen) atoms. The van der Waals surface area contributed by atoms with Gasteiger partial charge in [0.05, 0.1) is 17.7 Å². The van der Waals surface area contributed by atoms with E-state index in [0.717, 1.165) is 38.8 Å². The van der Waals surface area contributed by atoms with E-state index in [-0.39, 0.29) is 18.7 Å². The first-order chi connectivity index (χ1) is 11.1. The van der Waals surface area contributed by atoms with E-state index in [1.807, 2.05) is 4.90 Å². The van der Waals surface area contributed by atoms with Gasteiger partial charge in [-0.2, -0.15) is 0 Å². The number of hydrogen-bond donors (Lipinski definition) is 2. The average Bonchev–Trinajstić information content (AvgIpc) is 2.82. The van der Waals surface area contributed by atoms with Crippen molar-refractivity contribution in [1.82, 2.24) is 4.90 Å². The van der Waals surface area contributed by atoms with Gasteiger partial charge in [0.2, 0.25) is 5.91 Å². The summed E-state index contributed by atoms with van der Waals surface area (Å²) in [4.78, 5) is 36.9. The molecule has 0 radical (unpaired) electrons. The van der Waals surface area contributed by atoms with Gasteiger partial charge in [0.1, 0.15) is 0 Å². The minimum absolute atomic E-state index is 0.0824. The minimum atomic E-state index is -1.02. The van der Waals surface area contributed by atoms with E-state index in [0.29, 0.717) is 11.3 Å². The summed E-state index contributed by atoms with van der Waals surface area (Å²) in [6.45, 7) is 1.47. The van der Waals surface area contributed by atoms with Crippen LogP contribution >= 0.6 is 0 Å². The molecule has 2 N–H and O–H groups in total. The summed E-state index contributed by atoms with van der Waals surface area (Å²) < 4.78 is 0. The highest BCUT2D eigenvalue weighted by atomic mass is 16.4. The van der Waals surface area contributed by atoms with Gasteiger partial charge in [0.15, 0.2) is 0 Å². The van der Waals surface area contributed by atoms with E-state index >= 15 is 0 Å². The van der Waals surface area contributed by atoms with Crippen LogP contribution in [0.3, 0.4) is 0 Å². The molecular weight excluding hydrogens is 296 g/mol. The summed E-state index contributed by atoms with van der Waals surface area (Å²) in [5.41, 5.74) is 0.898. The molecule has 6 nitrogen and oxygen atoms in total. The molecule has 2 rings (SSSR count). The van der Waals surface area contributed by atoms with Gasteiger partial charge in [-0.3, -0.25) is 14.4 Å². The predicted molar refractivity (Wildman–Crippen MR) is 86.3 cm³/mol. The van der Waals surface area contributed by atoms with Gasteiger partial charge in [0, 0.05) is 19.5 Å². The lowest BCUT2D eigenvalue weighted by molar-refractivity contribution is -0.138. The molecule has 2 amide bonds. The van der Waals surface area contributed by atoms with Gasteiger partial charge in [0.25, 0.3) is 5.91 Å². The van der Waals surface area contributed by atoms with E-state index in [4.69, 9.17) is 5.11 Å². The lowest BCUT2D eigenvalue weighted by Crippen LogP contribution is -2.32. The standard InChI is InChI=1S/C17H22N2O4/c20-15(9-10-16(21)22)18-14-8-4-3-7-13(14)17(23)19-11-5-1-2-6-12-19/h3-4,7-8H,1-2,5-6,9-12H2,(H,18,20)(H,21,22). The topological polar surface area (TPSA) is 86.7 Å². The van der Waals surface area contributed by atoms with Crippen LogP contribution in [0.15, 0.2) is 24.3 Å². The van der Waals surface area contributed by atoms with Crippen LogP contribution in [-0.4, -0.2) is 40.9 Å². The molecule has 0 aromatic heterocycles. The van der Waals surface area contributed by atoms with E-state index in [2.05, 4.69) is 5.32 Å². The molecule has 1 aliphatic rings. The van der Waals surface area contributed by atoms with Gasteiger partial charge < -0.3 is 15.3 Å². The van der Waals surface area contributed by atoms with Crippen LogP contribution in [-0.2, 0) is 9.59 Å². The number of anilines is 1. The van der Waals surface area contributed by atoms with Gasteiger partial charge >= 0.3 is 5.97 Å². The van der Waals surface area contributed by atoms with Crippen molar-refractivity contribution in [2.24, 2.45) is 0 Å². The zero-order chi connectivity index (χ0) is 16.7. The van der Waals surface area contributed by atoms with Crippen molar-refractivity contribution in [3.8, 4) is 0 Å². The molecule has 0 aliphatic carbocycles. The van der Waals surface area contributed by atoms with Crippen LogP contribution < -0.4 is 5.32 Å². The average molecular weight is 318 g/mol. The number of carboxylic acid groups (broad SMARTS) is 1. The fourth-order valence-electron chi connectivity index (χ4n) is 2.66. The first-order valence-corrected chi connectivity index (χ1v) is 7.98. The molecule has 0 bridgehead atoms. The summed E-state index contributed by atoms with van der Waals surface area (Å²) in [6, 6.07) is 6.87. The molecule has 0 saturated carbocycles. The number of amides is 2. The Balaban J connectivity index is 2.08. The first-order valence-electron chi connectivity index (χ1n) is 7.98. The molecule has 6 heteroatoms. The van der Waals surface area contributed by atoms with E-state index in [1.54, 1.807) is 24.3 Å². The van der Waals surface area contributed by atoms with E-state index in [9.17, 15) is 14.4 Å². The number of likely N-dealkylation sites (tertiary alicyclic amines) is 1. The monoisotopic (exact) mass is 318 g/mol. The molecular formula is C17H22N2O4. The Morgan fingerprint density at radius 2 is 1.65 bits per heavy atom. The highest BCUT2D eigenvalue weighted by molar-refractivity contribution is 6.04. The first kappa shape index (κ1) is 17.0. The van der Waals surface area contributed by atoms with Crippen molar-refractivity contribution in [3.63, 3.8) is 0 Å². The van der Waals surface area contributed by atoms with Crippen LogP contribution in [0.5, 0.6) is 0 Å². The summed E-state index contributed by atoms with van der Waals surface area (Å²) in [6.07, 6.45) is 3.93. The van der Waals surface area contributed by atoms with E-state index in [1.165, 1.54) is 0 Å². The SMILES string of the molecule is O=C(O)CCC(=O)Nc1ccccc1C(=O)N1CCCCCC1. The Hall–Kier alpha value is -2.37. The number of hydrogen-bond acceptors (Lipinski definition) is 3. The third-order valence-corrected chi connectivity index (χ3v) is 3.89. The van der Waals surface area contributed by atoms with Crippen molar-refractivity contribution in [2.45, 2.75) is 38.5 Å². The largest absolute Gasteiger partial charge is 0.481 e. The summed E-state index contributed by atoms with van der Waals surface area (Å²) >= 11 is 0. The molecule has 124 valence electrons.